The molecule has 0 bridgehead atoms. The van der Waals surface area contributed by atoms with Crippen molar-refractivity contribution in [2.75, 3.05) is 33.0 Å². The summed E-state index contributed by atoms with van der Waals surface area (Å²) in [7, 11) is 0. The number of ether oxygens (including phenoxy) is 3. The van der Waals surface area contributed by atoms with E-state index in [4.69, 9.17) is 25.1 Å². The topological polar surface area (TPSA) is 73.9 Å². The highest BCUT2D eigenvalue weighted by Crippen LogP contribution is 1.98. The van der Waals surface area contributed by atoms with Gasteiger partial charge >= 0.3 is 0 Å². The molecule has 0 aliphatic carbocycles. The molecule has 0 spiro atoms. The lowest BCUT2D eigenvalue weighted by Crippen LogP contribution is -2.28. The monoisotopic (exact) mass is 235 g/mol. The summed E-state index contributed by atoms with van der Waals surface area (Å²) in [5.74, 6) is 0. The Morgan fingerprint density at radius 3 is 2.12 bits per heavy atom. The lowest BCUT2D eigenvalue weighted by Gasteiger charge is -2.18. The summed E-state index contributed by atoms with van der Waals surface area (Å²) in [6, 6.07) is 0.0489. The van der Waals surface area contributed by atoms with Crippen LogP contribution in [0.15, 0.2) is 0 Å². The summed E-state index contributed by atoms with van der Waals surface area (Å²) < 4.78 is 16.1. The normalized spacial score (nSPS) is 17.1. The van der Waals surface area contributed by atoms with Crippen LogP contribution in [0.25, 0.3) is 0 Å². The minimum Gasteiger partial charge on any atom is -0.394 e. The number of rotatable bonds is 10. The maximum absolute atomic E-state index is 8.52. The highest BCUT2D eigenvalue weighted by atomic mass is 16.6. The van der Waals surface area contributed by atoms with Gasteiger partial charge in [-0.15, -0.1) is 0 Å². The fourth-order valence-corrected chi connectivity index (χ4v) is 1.03. The Balaban J connectivity index is 3.39. The summed E-state index contributed by atoms with van der Waals surface area (Å²) in [4.78, 5) is 0. The first kappa shape index (κ1) is 15.8. The van der Waals surface area contributed by atoms with Gasteiger partial charge in [0.15, 0.2) is 0 Å². The fraction of sp³-hybridized carbons (Fsp3) is 1.00. The van der Waals surface area contributed by atoms with Crippen LogP contribution in [0.5, 0.6) is 0 Å². The second-order valence-corrected chi connectivity index (χ2v) is 4.06. The average Bonchev–Trinajstić information content (AvgIpc) is 2.24. The van der Waals surface area contributed by atoms with Gasteiger partial charge in [0.2, 0.25) is 0 Å². The van der Waals surface area contributed by atoms with Crippen LogP contribution in [-0.2, 0) is 14.2 Å². The Bertz CT molecular complexity index is 155. The van der Waals surface area contributed by atoms with Crippen molar-refractivity contribution in [3.8, 4) is 0 Å². The van der Waals surface area contributed by atoms with Crippen LogP contribution in [0.3, 0.4) is 0 Å². The lowest BCUT2D eigenvalue weighted by atomic mass is 10.3. The van der Waals surface area contributed by atoms with E-state index in [-0.39, 0.29) is 24.9 Å². The third-order valence-corrected chi connectivity index (χ3v) is 1.85. The molecule has 3 N–H and O–H groups in total. The highest BCUT2D eigenvalue weighted by molar-refractivity contribution is 4.55. The predicted molar refractivity (Wildman–Crippen MR) is 62.4 cm³/mol. The van der Waals surface area contributed by atoms with Gasteiger partial charge < -0.3 is 25.1 Å². The smallest absolute Gasteiger partial charge is 0.0781 e. The van der Waals surface area contributed by atoms with Crippen LogP contribution in [0.4, 0.5) is 0 Å². The summed E-state index contributed by atoms with van der Waals surface area (Å²) in [5, 5.41) is 8.52. The fourth-order valence-electron chi connectivity index (χ4n) is 1.03. The molecule has 16 heavy (non-hydrogen) atoms. The van der Waals surface area contributed by atoms with Gasteiger partial charge in [0.1, 0.15) is 0 Å². The summed E-state index contributed by atoms with van der Waals surface area (Å²) in [6.45, 7) is 7.72. The third-order valence-electron chi connectivity index (χ3n) is 1.85. The molecule has 0 aliphatic heterocycles. The predicted octanol–water partition coefficient (Wildman–Crippen LogP) is 0.153. The molecule has 0 radical (unpaired) electrons. The van der Waals surface area contributed by atoms with Gasteiger partial charge in [-0.2, -0.15) is 0 Å². The molecule has 3 atom stereocenters. The Labute approximate surface area is 97.9 Å². The first-order valence-electron chi connectivity index (χ1n) is 5.73. The van der Waals surface area contributed by atoms with Gasteiger partial charge in [0, 0.05) is 6.04 Å². The van der Waals surface area contributed by atoms with E-state index in [1.807, 2.05) is 20.8 Å². The van der Waals surface area contributed by atoms with E-state index in [0.717, 1.165) is 0 Å². The van der Waals surface area contributed by atoms with Gasteiger partial charge in [-0.05, 0) is 20.8 Å². The molecule has 0 aromatic rings. The summed E-state index contributed by atoms with van der Waals surface area (Å²) in [6.07, 6.45) is 0.0409. The molecular weight excluding hydrogens is 210 g/mol. The van der Waals surface area contributed by atoms with Crippen LogP contribution < -0.4 is 5.73 Å². The zero-order chi connectivity index (χ0) is 12.4. The van der Waals surface area contributed by atoms with E-state index < -0.39 is 0 Å². The van der Waals surface area contributed by atoms with Crippen molar-refractivity contribution in [2.24, 2.45) is 5.73 Å². The number of hydrogen-bond acceptors (Lipinski definition) is 5. The Hall–Kier alpha value is -0.200. The van der Waals surface area contributed by atoms with Gasteiger partial charge in [-0.3, -0.25) is 0 Å². The molecule has 5 nitrogen and oxygen atoms in total. The molecule has 5 heteroatoms. The second kappa shape index (κ2) is 9.99. The Kier molecular flexibility index (Phi) is 9.86. The highest BCUT2D eigenvalue weighted by Gasteiger charge is 2.07. The molecule has 98 valence electrons. The molecule has 0 aromatic carbocycles. The van der Waals surface area contributed by atoms with Crippen molar-refractivity contribution in [3.05, 3.63) is 0 Å². The van der Waals surface area contributed by atoms with Crippen LogP contribution in [0, 0.1) is 0 Å². The minimum absolute atomic E-state index is 0.00731. The van der Waals surface area contributed by atoms with E-state index in [9.17, 15) is 0 Å². The molecule has 0 aromatic heterocycles. The van der Waals surface area contributed by atoms with Crippen molar-refractivity contribution in [2.45, 2.75) is 39.0 Å². The first-order valence-corrected chi connectivity index (χ1v) is 5.73. The third kappa shape index (κ3) is 10.3. The van der Waals surface area contributed by atoms with Crippen molar-refractivity contribution < 1.29 is 19.3 Å². The van der Waals surface area contributed by atoms with E-state index >= 15 is 0 Å². The SMILES string of the molecule is CC(N)COC(C)COC(C)COCCO. The van der Waals surface area contributed by atoms with Crippen molar-refractivity contribution >= 4 is 0 Å². The summed E-state index contributed by atoms with van der Waals surface area (Å²) in [5.41, 5.74) is 5.57. The average molecular weight is 235 g/mol. The van der Waals surface area contributed by atoms with Gasteiger partial charge in [-0.25, -0.2) is 0 Å². The number of hydrogen-bond donors (Lipinski definition) is 2. The van der Waals surface area contributed by atoms with Crippen molar-refractivity contribution in [1.82, 2.24) is 0 Å². The number of nitrogens with two attached hydrogens (primary N) is 1. The summed E-state index contributed by atoms with van der Waals surface area (Å²) >= 11 is 0. The zero-order valence-corrected chi connectivity index (χ0v) is 10.5. The molecule has 0 aliphatic rings. The minimum atomic E-state index is 0.00731. The lowest BCUT2D eigenvalue weighted by molar-refractivity contribution is -0.0609. The van der Waals surface area contributed by atoms with E-state index in [2.05, 4.69) is 0 Å². The quantitative estimate of drug-likeness (QED) is 0.527. The van der Waals surface area contributed by atoms with E-state index in [0.29, 0.717) is 26.4 Å². The van der Waals surface area contributed by atoms with E-state index in [1.54, 1.807) is 0 Å². The van der Waals surface area contributed by atoms with Crippen LogP contribution in [0.2, 0.25) is 0 Å². The first-order chi connectivity index (χ1) is 7.56. The van der Waals surface area contributed by atoms with Crippen molar-refractivity contribution in [1.29, 1.82) is 0 Å². The molecule has 0 heterocycles. The largest absolute Gasteiger partial charge is 0.394 e. The molecule has 0 rings (SSSR count). The molecule has 0 saturated carbocycles. The Morgan fingerprint density at radius 1 is 1.00 bits per heavy atom. The standard InChI is InChI=1S/C11H25NO4/c1-9(12)6-15-11(3)8-16-10(2)7-14-5-4-13/h9-11,13H,4-8,12H2,1-3H3. The molecule has 0 saturated heterocycles. The molecule has 0 amide bonds. The molecule has 0 fully saturated rings. The Morgan fingerprint density at radius 2 is 1.56 bits per heavy atom. The number of aliphatic hydroxyl groups excluding tert-OH is 1. The van der Waals surface area contributed by atoms with Crippen LogP contribution in [0.1, 0.15) is 20.8 Å². The number of aliphatic hydroxyl groups is 1. The van der Waals surface area contributed by atoms with E-state index in [1.165, 1.54) is 0 Å². The van der Waals surface area contributed by atoms with Gasteiger partial charge in [0.05, 0.1) is 45.2 Å². The zero-order valence-electron chi connectivity index (χ0n) is 10.5. The second-order valence-electron chi connectivity index (χ2n) is 4.06. The maximum Gasteiger partial charge on any atom is 0.0781 e. The molecule has 3 unspecified atom stereocenters. The van der Waals surface area contributed by atoms with Gasteiger partial charge in [0.25, 0.3) is 0 Å². The maximum atomic E-state index is 8.52. The molecular formula is C11H25NO4. The van der Waals surface area contributed by atoms with Crippen LogP contribution >= 0.6 is 0 Å². The van der Waals surface area contributed by atoms with Crippen molar-refractivity contribution in [3.63, 3.8) is 0 Å². The van der Waals surface area contributed by atoms with Crippen LogP contribution in [-0.4, -0.2) is 56.4 Å². The van der Waals surface area contributed by atoms with Gasteiger partial charge in [-0.1, -0.05) is 0 Å².